The Kier molecular flexibility index (Phi) is 10.8. The van der Waals surface area contributed by atoms with Crippen LogP contribution in [-0.4, -0.2) is 73.9 Å². The summed E-state index contributed by atoms with van der Waals surface area (Å²) >= 11 is 0. The average molecular weight is 532 g/mol. The maximum absolute atomic E-state index is 13.3. The highest BCUT2D eigenvalue weighted by Gasteiger charge is 2.32. The van der Waals surface area contributed by atoms with Crippen molar-refractivity contribution in [2.75, 3.05) is 0 Å². The molecule has 14 heteroatoms. The van der Waals surface area contributed by atoms with Crippen molar-refractivity contribution >= 4 is 29.6 Å². The van der Waals surface area contributed by atoms with Gasteiger partial charge in [-0.2, -0.15) is 0 Å². The highest BCUT2D eigenvalue weighted by molar-refractivity contribution is 5.95. The van der Waals surface area contributed by atoms with E-state index in [0.29, 0.717) is 11.3 Å². The van der Waals surface area contributed by atoms with Gasteiger partial charge in [-0.3, -0.25) is 19.2 Å². The summed E-state index contributed by atoms with van der Waals surface area (Å²) in [6, 6.07) is 0.938. The topological polar surface area (TPSA) is 243 Å². The molecule has 10 N–H and O–H groups in total. The number of aliphatic carboxylic acids is 1. The van der Waals surface area contributed by atoms with Gasteiger partial charge in [0.1, 0.15) is 23.9 Å². The predicted molar refractivity (Wildman–Crippen MR) is 134 cm³/mol. The molecular formula is C24H33N7O7. The number of H-pyrrole nitrogens is 1. The molecule has 1 aromatic carbocycles. The zero-order valence-corrected chi connectivity index (χ0v) is 21.0. The molecule has 0 saturated carbocycles. The predicted octanol–water partition coefficient (Wildman–Crippen LogP) is -1.70. The minimum Gasteiger partial charge on any atom is -0.508 e. The molecule has 0 aliphatic rings. The highest BCUT2D eigenvalue weighted by Crippen LogP contribution is 2.13. The molecular weight excluding hydrogens is 498 g/mol. The number of carboxylic acid groups (broad SMARTS) is 1. The molecule has 0 fully saturated rings. The van der Waals surface area contributed by atoms with Crippen molar-refractivity contribution in [3.8, 4) is 5.75 Å². The van der Waals surface area contributed by atoms with Crippen LogP contribution in [-0.2, 0) is 36.8 Å². The summed E-state index contributed by atoms with van der Waals surface area (Å²) in [6.07, 6.45) is 2.28. The number of aromatic nitrogens is 2. The molecule has 0 saturated heterocycles. The number of phenolic OH excluding ortho intramolecular Hbond substituents is 1. The van der Waals surface area contributed by atoms with Crippen LogP contribution in [0.15, 0.2) is 36.8 Å². The first-order chi connectivity index (χ1) is 17.9. The van der Waals surface area contributed by atoms with Crippen LogP contribution in [0.3, 0.4) is 0 Å². The third-order valence-corrected chi connectivity index (χ3v) is 5.61. The van der Waals surface area contributed by atoms with E-state index in [1.54, 1.807) is 26.0 Å². The zero-order valence-electron chi connectivity index (χ0n) is 21.0. The number of amides is 4. The standard InChI is InChI=1S/C24H33N7O7/c1-12(2)20(23(36)30-18(24(37)38)8-14-10-27-11-28-14)31-22(35)17(7-13-3-5-15(32)6-4-13)29-21(34)16(25)9-19(26)33/h3-6,10-12,16-18,20,32H,7-9,25H2,1-2H3,(H2,26,33)(H,27,28)(H,29,34)(H,30,36)(H,31,35)(H,37,38). The van der Waals surface area contributed by atoms with Crippen LogP contribution < -0.4 is 27.4 Å². The lowest BCUT2D eigenvalue weighted by Crippen LogP contribution is -2.59. The normalized spacial score (nSPS) is 14.1. The van der Waals surface area contributed by atoms with Crippen LogP contribution in [0.4, 0.5) is 0 Å². The summed E-state index contributed by atoms with van der Waals surface area (Å²) < 4.78 is 0. The number of rotatable bonds is 14. The zero-order chi connectivity index (χ0) is 28.4. The maximum Gasteiger partial charge on any atom is 0.326 e. The van der Waals surface area contributed by atoms with E-state index in [0.717, 1.165) is 0 Å². The smallest absolute Gasteiger partial charge is 0.326 e. The molecule has 4 unspecified atom stereocenters. The summed E-state index contributed by atoms with van der Waals surface area (Å²) in [7, 11) is 0. The molecule has 2 aromatic rings. The van der Waals surface area contributed by atoms with E-state index in [1.807, 2.05) is 0 Å². The van der Waals surface area contributed by atoms with E-state index in [1.165, 1.54) is 24.7 Å². The SMILES string of the molecule is CC(C)C(NC(=O)C(Cc1ccc(O)cc1)NC(=O)C(N)CC(N)=O)C(=O)NC(Cc1cnc[nH]1)C(=O)O. The number of phenols is 1. The number of aromatic hydroxyl groups is 1. The molecule has 38 heavy (non-hydrogen) atoms. The number of nitrogens with one attached hydrogen (secondary N) is 4. The van der Waals surface area contributed by atoms with E-state index in [4.69, 9.17) is 11.5 Å². The van der Waals surface area contributed by atoms with Crippen molar-refractivity contribution in [2.45, 2.75) is 57.3 Å². The summed E-state index contributed by atoms with van der Waals surface area (Å²) in [5.41, 5.74) is 11.9. The van der Waals surface area contributed by atoms with Gasteiger partial charge in [-0.15, -0.1) is 0 Å². The van der Waals surface area contributed by atoms with Gasteiger partial charge in [-0.1, -0.05) is 26.0 Å². The van der Waals surface area contributed by atoms with Gasteiger partial charge < -0.3 is 42.6 Å². The fourth-order valence-electron chi connectivity index (χ4n) is 3.53. The monoisotopic (exact) mass is 531 g/mol. The summed E-state index contributed by atoms with van der Waals surface area (Å²) in [5.74, 6) is -4.81. The van der Waals surface area contributed by atoms with Gasteiger partial charge in [0.2, 0.25) is 23.6 Å². The first kappa shape index (κ1) is 29.8. The van der Waals surface area contributed by atoms with Crippen LogP contribution >= 0.6 is 0 Å². The molecule has 1 heterocycles. The number of carboxylic acids is 1. The lowest BCUT2D eigenvalue weighted by atomic mass is 10.00. The van der Waals surface area contributed by atoms with Gasteiger partial charge in [0, 0.05) is 24.7 Å². The Hall–Kier alpha value is -4.46. The van der Waals surface area contributed by atoms with Crippen molar-refractivity contribution in [1.29, 1.82) is 0 Å². The second-order valence-electron chi connectivity index (χ2n) is 9.12. The van der Waals surface area contributed by atoms with Gasteiger partial charge in [0.15, 0.2) is 0 Å². The van der Waals surface area contributed by atoms with Crippen LogP contribution in [0.5, 0.6) is 5.75 Å². The minimum absolute atomic E-state index is 0.00178. The van der Waals surface area contributed by atoms with Crippen LogP contribution in [0.2, 0.25) is 0 Å². The van der Waals surface area contributed by atoms with E-state index in [-0.39, 0.29) is 18.6 Å². The molecule has 14 nitrogen and oxygen atoms in total. The highest BCUT2D eigenvalue weighted by atomic mass is 16.4. The Morgan fingerprint density at radius 2 is 1.58 bits per heavy atom. The Labute approximate surface area is 218 Å². The van der Waals surface area contributed by atoms with E-state index < -0.39 is 66.1 Å². The largest absolute Gasteiger partial charge is 0.508 e. The second-order valence-corrected chi connectivity index (χ2v) is 9.12. The Morgan fingerprint density at radius 3 is 2.11 bits per heavy atom. The molecule has 0 spiro atoms. The van der Waals surface area contributed by atoms with Crippen molar-refractivity contribution in [3.63, 3.8) is 0 Å². The summed E-state index contributed by atoms with van der Waals surface area (Å²) in [4.78, 5) is 68.3. The quantitative estimate of drug-likeness (QED) is 0.138. The Morgan fingerprint density at radius 1 is 0.947 bits per heavy atom. The lowest BCUT2D eigenvalue weighted by Gasteiger charge is -2.27. The first-order valence-electron chi connectivity index (χ1n) is 11.8. The molecule has 0 bridgehead atoms. The first-order valence-corrected chi connectivity index (χ1v) is 11.8. The number of carbonyl (C=O) groups is 5. The number of hydrogen-bond donors (Lipinski definition) is 8. The van der Waals surface area contributed by atoms with Gasteiger partial charge in [-0.05, 0) is 23.6 Å². The van der Waals surface area contributed by atoms with Crippen molar-refractivity contribution in [1.82, 2.24) is 25.9 Å². The Bertz CT molecular complexity index is 1120. The van der Waals surface area contributed by atoms with Crippen molar-refractivity contribution in [3.05, 3.63) is 48.0 Å². The lowest BCUT2D eigenvalue weighted by molar-refractivity contribution is -0.142. The minimum atomic E-state index is -1.30. The number of nitrogens with two attached hydrogens (primary N) is 2. The number of carbonyl (C=O) groups excluding carboxylic acids is 4. The second kappa shape index (κ2) is 13.7. The molecule has 4 atom stereocenters. The average Bonchev–Trinajstić information content (AvgIpc) is 3.35. The van der Waals surface area contributed by atoms with Gasteiger partial charge in [0.25, 0.3) is 0 Å². The van der Waals surface area contributed by atoms with E-state index in [9.17, 15) is 34.2 Å². The molecule has 0 radical (unpaired) electrons. The molecule has 0 aliphatic carbocycles. The van der Waals surface area contributed by atoms with E-state index in [2.05, 4.69) is 25.9 Å². The van der Waals surface area contributed by atoms with Gasteiger partial charge >= 0.3 is 5.97 Å². The number of benzene rings is 1. The Balaban J connectivity index is 2.20. The number of nitrogens with zero attached hydrogens (tertiary/aromatic N) is 1. The number of hydrogen-bond acceptors (Lipinski definition) is 8. The number of aromatic amines is 1. The fraction of sp³-hybridized carbons (Fsp3) is 0.417. The summed E-state index contributed by atoms with van der Waals surface area (Å²) in [5, 5.41) is 26.6. The molecule has 1 aromatic heterocycles. The summed E-state index contributed by atoms with van der Waals surface area (Å²) in [6.45, 7) is 3.32. The molecule has 2 rings (SSSR count). The van der Waals surface area contributed by atoms with Crippen molar-refractivity contribution < 1.29 is 34.2 Å². The van der Waals surface area contributed by atoms with Gasteiger partial charge in [-0.25, -0.2) is 9.78 Å². The molecule has 206 valence electrons. The number of imidazole rings is 1. The molecule has 4 amide bonds. The van der Waals surface area contributed by atoms with E-state index >= 15 is 0 Å². The third kappa shape index (κ3) is 9.20. The van der Waals surface area contributed by atoms with Crippen LogP contribution in [0, 0.1) is 5.92 Å². The van der Waals surface area contributed by atoms with Crippen LogP contribution in [0.1, 0.15) is 31.5 Å². The number of primary amides is 1. The maximum atomic E-state index is 13.3. The fourth-order valence-corrected chi connectivity index (χ4v) is 3.53. The third-order valence-electron chi connectivity index (χ3n) is 5.61. The van der Waals surface area contributed by atoms with Crippen LogP contribution in [0.25, 0.3) is 0 Å². The van der Waals surface area contributed by atoms with Gasteiger partial charge in [0.05, 0.1) is 18.8 Å². The van der Waals surface area contributed by atoms with Crippen molar-refractivity contribution in [2.24, 2.45) is 17.4 Å². The molecule has 0 aliphatic heterocycles.